The van der Waals surface area contributed by atoms with Crippen LogP contribution in [0.5, 0.6) is 0 Å². The van der Waals surface area contributed by atoms with Crippen molar-refractivity contribution in [2.24, 2.45) is 5.10 Å². The largest absolute Gasteiger partial charge is 0.359 e. The molecule has 0 fully saturated rings. The van der Waals surface area contributed by atoms with E-state index in [2.05, 4.69) is 47.0 Å². The summed E-state index contributed by atoms with van der Waals surface area (Å²) >= 11 is 5.11. The first-order chi connectivity index (χ1) is 8.52. The number of hydrogen-bond donors (Lipinski definition) is 2. The Hall–Kier alpha value is -1.42. The monoisotopic (exact) mass is 263 g/mol. The number of nitrogens with zero attached hydrogens (tertiary/aromatic N) is 1. The molecule has 0 atom stereocenters. The zero-order valence-electron chi connectivity index (χ0n) is 11.4. The molecule has 0 heterocycles. The van der Waals surface area contributed by atoms with Gasteiger partial charge in [0.2, 0.25) is 0 Å². The summed E-state index contributed by atoms with van der Waals surface area (Å²) in [5, 5.41) is 7.90. The first kappa shape index (κ1) is 14.6. The number of hydrazone groups is 1. The summed E-state index contributed by atoms with van der Waals surface area (Å²) in [6.07, 6.45) is 1.05. The quantitative estimate of drug-likeness (QED) is 0.498. The fourth-order valence-corrected chi connectivity index (χ4v) is 1.76. The van der Waals surface area contributed by atoms with Gasteiger partial charge in [-0.15, -0.1) is 0 Å². The molecule has 0 saturated carbocycles. The standard InChI is InChI=1S/C14H21N3S/c1-5-12-6-8-13(9-7-12)11(4)16-17-14(18)15-10(2)3/h6-10H,5H2,1-4H3,(H2,15,17,18)/b16-11-. The van der Waals surface area contributed by atoms with Gasteiger partial charge in [-0.1, -0.05) is 31.2 Å². The van der Waals surface area contributed by atoms with E-state index in [1.807, 2.05) is 20.8 Å². The van der Waals surface area contributed by atoms with Gasteiger partial charge in [-0.25, -0.2) is 0 Å². The maximum Gasteiger partial charge on any atom is 0.187 e. The lowest BCUT2D eigenvalue weighted by Crippen LogP contribution is -2.37. The predicted molar refractivity (Wildman–Crippen MR) is 82.0 cm³/mol. The lowest BCUT2D eigenvalue weighted by atomic mass is 10.1. The van der Waals surface area contributed by atoms with Crippen LogP contribution in [0.4, 0.5) is 0 Å². The van der Waals surface area contributed by atoms with Crippen LogP contribution in [0.3, 0.4) is 0 Å². The van der Waals surface area contributed by atoms with E-state index in [-0.39, 0.29) is 0 Å². The molecule has 0 unspecified atom stereocenters. The first-order valence-electron chi connectivity index (χ1n) is 6.23. The van der Waals surface area contributed by atoms with Crippen LogP contribution in [-0.4, -0.2) is 16.9 Å². The van der Waals surface area contributed by atoms with E-state index in [9.17, 15) is 0 Å². The maximum atomic E-state index is 5.11. The predicted octanol–water partition coefficient (Wildman–Crippen LogP) is 2.85. The van der Waals surface area contributed by atoms with Gasteiger partial charge in [0.25, 0.3) is 0 Å². The molecule has 0 radical (unpaired) electrons. The van der Waals surface area contributed by atoms with E-state index in [0.29, 0.717) is 11.2 Å². The number of hydrogen-bond acceptors (Lipinski definition) is 2. The topological polar surface area (TPSA) is 36.4 Å². The molecule has 1 aromatic carbocycles. The van der Waals surface area contributed by atoms with Crippen LogP contribution in [0, 0.1) is 0 Å². The third-order valence-corrected chi connectivity index (χ3v) is 2.73. The molecular weight excluding hydrogens is 242 g/mol. The van der Waals surface area contributed by atoms with Crippen molar-refractivity contribution in [3.05, 3.63) is 35.4 Å². The highest BCUT2D eigenvalue weighted by molar-refractivity contribution is 7.80. The normalized spacial score (nSPS) is 11.5. The highest BCUT2D eigenvalue weighted by Crippen LogP contribution is 2.05. The SMILES string of the molecule is CCc1ccc(/C(C)=N\NC(=S)NC(C)C)cc1. The van der Waals surface area contributed by atoms with Crippen LogP contribution in [0.25, 0.3) is 0 Å². The molecular formula is C14H21N3S. The maximum absolute atomic E-state index is 5.11. The van der Waals surface area contributed by atoms with E-state index in [1.165, 1.54) is 5.56 Å². The third-order valence-electron chi connectivity index (χ3n) is 2.52. The Morgan fingerprint density at radius 2 is 1.89 bits per heavy atom. The van der Waals surface area contributed by atoms with Crippen molar-refractivity contribution in [2.75, 3.05) is 0 Å². The summed E-state index contributed by atoms with van der Waals surface area (Å²) in [5.41, 5.74) is 6.20. The van der Waals surface area contributed by atoms with Crippen molar-refractivity contribution in [3.63, 3.8) is 0 Å². The zero-order chi connectivity index (χ0) is 13.5. The van der Waals surface area contributed by atoms with Crippen LogP contribution in [0.2, 0.25) is 0 Å². The smallest absolute Gasteiger partial charge is 0.187 e. The highest BCUT2D eigenvalue weighted by Gasteiger charge is 1.99. The molecule has 0 aliphatic heterocycles. The number of thiocarbonyl (C=S) groups is 1. The molecule has 0 bridgehead atoms. The number of nitrogens with one attached hydrogen (secondary N) is 2. The Morgan fingerprint density at radius 3 is 2.39 bits per heavy atom. The lowest BCUT2D eigenvalue weighted by Gasteiger charge is -2.10. The Morgan fingerprint density at radius 1 is 1.28 bits per heavy atom. The number of benzene rings is 1. The van der Waals surface area contributed by atoms with E-state index in [0.717, 1.165) is 17.7 Å². The van der Waals surface area contributed by atoms with Crippen LogP contribution in [0.15, 0.2) is 29.4 Å². The molecule has 1 rings (SSSR count). The summed E-state index contributed by atoms with van der Waals surface area (Å²) in [6.45, 7) is 8.18. The summed E-state index contributed by atoms with van der Waals surface area (Å²) in [4.78, 5) is 0. The van der Waals surface area contributed by atoms with Gasteiger partial charge < -0.3 is 5.32 Å². The van der Waals surface area contributed by atoms with E-state index in [4.69, 9.17) is 12.2 Å². The molecule has 98 valence electrons. The first-order valence-corrected chi connectivity index (χ1v) is 6.63. The van der Waals surface area contributed by atoms with Gasteiger partial charge in [0.15, 0.2) is 5.11 Å². The van der Waals surface area contributed by atoms with Gasteiger partial charge >= 0.3 is 0 Å². The Bertz CT molecular complexity index is 421. The molecule has 1 aromatic rings. The van der Waals surface area contributed by atoms with Gasteiger partial charge in [0.1, 0.15) is 0 Å². The summed E-state index contributed by atoms with van der Waals surface area (Å²) in [5.74, 6) is 0. The minimum absolute atomic E-state index is 0.310. The molecule has 0 spiro atoms. The van der Waals surface area contributed by atoms with Gasteiger partial charge in [-0.05, 0) is 50.5 Å². The molecule has 18 heavy (non-hydrogen) atoms. The third kappa shape index (κ3) is 4.84. The van der Waals surface area contributed by atoms with Crippen LogP contribution < -0.4 is 10.7 Å². The fourth-order valence-electron chi connectivity index (χ4n) is 1.48. The van der Waals surface area contributed by atoms with Crippen molar-refractivity contribution in [2.45, 2.75) is 40.2 Å². The second-order valence-electron chi connectivity index (χ2n) is 4.49. The number of aryl methyl sites for hydroxylation is 1. The van der Waals surface area contributed by atoms with E-state index in [1.54, 1.807) is 0 Å². The average Bonchev–Trinajstić information content (AvgIpc) is 2.35. The summed E-state index contributed by atoms with van der Waals surface area (Å²) in [7, 11) is 0. The highest BCUT2D eigenvalue weighted by atomic mass is 32.1. The minimum atomic E-state index is 0.310. The zero-order valence-corrected chi connectivity index (χ0v) is 12.3. The van der Waals surface area contributed by atoms with Crippen LogP contribution in [-0.2, 0) is 6.42 Å². The van der Waals surface area contributed by atoms with E-state index < -0.39 is 0 Å². The average molecular weight is 263 g/mol. The van der Waals surface area contributed by atoms with Crippen molar-refractivity contribution in [3.8, 4) is 0 Å². The van der Waals surface area contributed by atoms with Crippen molar-refractivity contribution < 1.29 is 0 Å². The molecule has 0 aliphatic carbocycles. The van der Waals surface area contributed by atoms with Crippen LogP contribution in [0.1, 0.15) is 38.8 Å². The van der Waals surface area contributed by atoms with Gasteiger partial charge in [-0.2, -0.15) is 5.10 Å². The van der Waals surface area contributed by atoms with Gasteiger partial charge in [0, 0.05) is 6.04 Å². The van der Waals surface area contributed by atoms with Crippen LogP contribution >= 0.6 is 12.2 Å². The summed E-state index contributed by atoms with van der Waals surface area (Å²) in [6, 6.07) is 8.72. The molecule has 3 nitrogen and oxygen atoms in total. The Balaban J connectivity index is 2.62. The number of rotatable bonds is 4. The van der Waals surface area contributed by atoms with Crippen molar-refractivity contribution in [1.29, 1.82) is 0 Å². The lowest BCUT2D eigenvalue weighted by molar-refractivity contribution is 0.719. The van der Waals surface area contributed by atoms with Gasteiger partial charge in [-0.3, -0.25) is 5.43 Å². The molecule has 0 amide bonds. The van der Waals surface area contributed by atoms with Gasteiger partial charge in [0.05, 0.1) is 5.71 Å². The molecule has 2 N–H and O–H groups in total. The molecule has 0 aromatic heterocycles. The molecule has 0 saturated heterocycles. The second kappa shape index (κ2) is 7.11. The second-order valence-corrected chi connectivity index (χ2v) is 4.90. The Kier molecular flexibility index (Phi) is 5.78. The molecule has 4 heteroatoms. The van der Waals surface area contributed by atoms with Crippen molar-refractivity contribution >= 4 is 23.0 Å². The van der Waals surface area contributed by atoms with E-state index >= 15 is 0 Å². The Labute approximate surface area is 115 Å². The molecule has 0 aliphatic rings. The minimum Gasteiger partial charge on any atom is -0.359 e. The van der Waals surface area contributed by atoms with Crippen molar-refractivity contribution in [1.82, 2.24) is 10.7 Å². The fraction of sp³-hybridized carbons (Fsp3) is 0.429. The summed E-state index contributed by atoms with van der Waals surface area (Å²) < 4.78 is 0.